The Kier molecular flexibility index (Phi) is 4.68. The number of nitrogens with zero attached hydrogens (tertiary/aromatic N) is 3. The zero-order valence-corrected chi connectivity index (χ0v) is 14.8. The van der Waals surface area contributed by atoms with Crippen molar-refractivity contribution in [2.75, 3.05) is 21.1 Å². The highest BCUT2D eigenvalue weighted by Gasteiger charge is 2.19. The van der Waals surface area contributed by atoms with Crippen molar-refractivity contribution >= 4 is 5.65 Å². The van der Waals surface area contributed by atoms with Gasteiger partial charge in [0.15, 0.2) is 0 Å². The molecule has 0 N–H and O–H groups in total. The summed E-state index contributed by atoms with van der Waals surface area (Å²) in [4.78, 5) is 4.82. The van der Waals surface area contributed by atoms with Gasteiger partial charge in [-0.15, -0.1) is 0 Å². The molecule has 2 heterocycles. The Bertz CT molecular complexity index is 727. The lowest BCUT2D eigenvalue weighted by atomic mass is 10.1. The molecule has 0 saturated heterocycles. The highest BCUT2D eigenvalue weighted by Crippen LogP contribution is 2.25. The maximum Gasteiger partial charge on any atom is 0.137 e. The second-order valence-corrected chi connectivity index (χ2v) is 6.15. The molecule has 0 aliphatic rings. The van der Waals surface area contributed by atoms with Crippen molar-refractivity contribution in [1.82, 2.24) is 9.38 Å². The first-order chi connectivity index (χ1) is 9.54. The number of quaternary nitrogens is 1. The van der Waals surface area contributed by atoms with E-state index in [-0.39, 0.29) is 24.0 Å². The van der Waals surface area contributed by atoms with E-state index in [1.54, 1.807) is 0 Å². The summed E-state index contributed by atoms with van der Waals surface area (Å²) in [6.07, 6.45) is 2.10. The number of hydrogen-bond acceptors (Lipinski definition) is 1. The van der Waals surface area contributed by atoms with Gasteiger partial charge in [-0.3, -0.25) is 4.40 Å². The Balaban J connectivity index is 0.00000161. The van der Waals surface area contributed by atoms with E-state index < -0.39 is 0 Å². The number of rotatable bonds is 3. The van der Waals surface area contributed by atoms with E-state index in [2.05, 4.69) is 68.1 Å². The van der Waals surface area contributed by atoms with Crippen LogP contribution in [0.5, 0.6) is 0 Å². The summed E-state index contributed by atoms with van der Waals surface area (Å²) in [6, 6.07) is 16.6. The maximum atomic E-state index is 4.82. The zero-order valence-electron chi connectivity index (χ0n) is 12.6. The number of fused-ring (bicyclic) bond motifs is 1. The van der Waals surface area contributed by atoms with E-state index in [1.165, 1.54) is 11.3 Å². The SMILES string of the molecule is C[N+](C)(C)Cc1c(-c2ccccc2)nc2ccccn12.[I-]. The monoisotopic (exact) mass is 393 g/mol. The first kappa shape index (κ1) is 16.0. The van der Waals surface area contributed by atoms with E-state index in [0.717, 1.165) is 22.4 Å². The molecule has 0 amide bonds. The van der Waals surface area contributed by atoms with Crippen molar-refractivity contribution in [2.24, 2.45) is 0 Å². The van der Waals surface area contributed by atoms with Crippen molar-refractivity contribution in [3.8, 4) is 11.3 Å². The molecule has 0 fully saturated rings. The van der Waals surface area contributed by atoms with E-state index >= 15 is 0 Å². The van der Waals surface area contributed by atoms with Crippen molar-refractivity contribution in [3.63, 3.8) is 0 Å². The Labute approximate surface area is 142 Å². The van der Waals surface area contributed by atoms with E-state index in [0.29, 0.717) is 0 Å². The van der Waals surface area contributed by atoms with Crippen LogP contribution in [-0.2, 0) is 6.54 Å². The molecule has 0 aliphatic carbocycles. The summed E-state index contributed by atoms with van der Waals surface area (Å²) in [5.41, 5.74) is 4.54. The number of hydrogen-bond donors (Lipinski definition) is 0. The number of halogens is 1. The van der Waals surface area contributed by atoms with Crippen LogP contribution in [0.15, 0.2) is 54.7 Å². The van der Waals surface area contributed by atoms with Crippen LogP contribution in [0, 0.1) is 0 Å². The zero-order chi connectivity index (χ0) is 14.2. The fourth-order valence-electron chi connectivity index (χ4n) is 2.47. The second kappa shape index (κ2) is 6.15. The molecule has 0 spiro atoms. The van der Waals surface area contributed by atoms with Crippen molar-refractivity contribution in [1.29, 1.82) is 0 Å². The van der Waals surface area contributed by atoms with Crippen LogP contribution in [0.3, 0.4) is 0 Å². The minimum absolute atomic E-state index is 0. The summed E-state index contributed by atoms with van der Waals surface area (Å²) >= 11 is 0. The molecule has 0 atom stereocenters. The van der Waals surface area contributed by atoms with Crippen LogP contribution >= 0.6 is 0 Å². The van der Waals surface area contributed by atoms with Crippen LogP contribution in [0.2, 0.25) is 0 Å². The molecule has 0 aliphatic heterocycles. The first-order valence-corrected chi connectivity index (χ1v) is 6.86. The fourth-order valence-corrected chi connectivity index (χ4v) is 2.47. The topological polar surface area (TPSA) is 17.3 Å². The maximum absolute atomic E-state index is 4.82. The Hall–Kier alpha value is -1.40. The molecular formula is C17H20IN3. The summed E-state index contributed by atoms with van der Waals surface area (Å²) in [6.45, 7) is 0.940. The Morgan fingerprint density at radius 2 is 1.62 bits per heavy atom. The third-order valence-electron chi connectivity index (χ3n) is 3.30. The number of imidazole rings is 1. The third-order valence-corrected chi connectivity index (χ3v) is 3.30. The molecule has 0 bridgehead atoms. The van der Waals surface area contributed by atoms with Crippen molar-refractivity contribution in [3.05, 3.63) is 60.4 Å². The summed E-state index contributed by atoms with van der Waals surface area (Å²) in [5, 5.41) is 0. The van der Waals surface area contributed by atoms with Crippen LogP contribution < -0.4 is 24.0 Å². The normalized spacial score (nSPS) is 11.4. The standard InChI is InChI=1S/C17H20N3.HI/c1-20(2,3)13-15-17(14-9-5-4-6-10-14)18-16-11-7-8-12-19(15)16;/h4-12H,13H2,1-3H3;1H/q+1;/p-1. The molecule has 1 aromatic carbocycles. The highest BCUT2D eigenvalue weighted by atomic mass is 127. The molecule has 4 heteroatoms. The van der Waals surface area contributed by atoms with Crippen molar-refractivity contribution < 1.29 is 28.5 Å². The predicted molar refractivity (Wildman–Crippen MR) is 82.4 cm³/mol. The molecule has 21 heavy (non-hydrogen) atoms. The summed E-state index contributed by atoms with van der Waals surface area (Å²) < 4.78 is 3.08. The molecule has 3 aromatic rings. The number of aromatic nitrogens is 2. The fraction of sp³-hybridized carbons (Fsp3) is 0.235. The van der Waals surface area contributed by atoms with Gasteiger partial charge in [-0.1, -0.05) is 36.4 Å². The summed E-state index contributed by atoms with van der Waals surface area (Å²) in [7, 11) is 6.62. The van der Waals surface area contributed by atoms with Crippen molar-refractivity contribution in [2.45, 2.75) is 6.54 Å². The minimum atomic E-state index is 0. The van der Waals surface area contributed by atoms with Gasteiger partial charge in [-0.05, 0) is 12.1 Å². The first-order valence-electron chi connectivity index (χ1n) is 6.86. The molecule has 3 nitrogen and oxygen atoms in total. The molecule has 0 saturated carbocycles. The van der Waals surface area contributed by atoms with Gasteiger partial charge in [0.2, 0.25) is 0 Å². The van der Waals surface area contributed by atoms with Crippen LogP contribution in [0.1, 0.15) is 5.69 Å². The smallest absolute Gasteiger partial charge is 0.137 e. The van der Waals surface area contributed by atoms with Crippen LogP contribution in [-0.4, -0.2) is 35.0 Å². The van der Waals surface area contributed by atoms with Gasteiger partial charge in [0.1, 0.15) is 17.9 Å². The largest absolute Gasteiger partial charge is 1.00 e. The van der Waals surface area contributed by atoms with Gasteiger partial charge in [0.25, 0.3) is 0 Å². The molecular weight excluding hydrogens is 373 g/mol. The average Bonchev–Trinajstić information content (AvgIpc) is 2.77. The Morgan fingerprint density at radius 3 is 2.29 bits per heavy atom. The lowest BCUT2D eigenvalue weighted by Gasteiger charge is -2.24. The highest BCUT2D eigenvalue weighted by molar-refractivity contribution is 5.66. The Morgan fingerprint density at radius 1 is 0.952 bits per heavy atom. The van der Waals surface area contributed by atoms with E-state index in [4.69, 9.17) is 4.98 Å². The average molecular weight is 393 g/mol. The number of benzene rings is 1. The van der Waals surface area contributed by atoms with Gasteiger partial charge >= 0.3 is 0 Å². The minimum Gasteiger partial charge on any atom is -1.00 e. The molecule has 3 rings (SSSR count). The van der Waals surface area contributed by atoms with E-state index in [1.807, 2.05) is 12.1 Å². The molecule has 2 aromatic heterocycles. The molecule has 110 valence electrons. The summed E-state index contributed by atoms with van der Waals surface area (Å²) in [5.74, 6) is 0. The van der Waals surface area contributed by atoms with E-state index in [9.17, 15) is 0 Å². The third kappa shape index (κ3) is 3.44. The quantitative estimate of drug-likeness (QED) is 0.460. The van der Waals surface area contributed by atoms with Gasteiger partial charge in [0.05, 0.1) is 26.8 Å². The predicted octanol–water partition coefficient (Wildman–Crippen LogP) is 0.212. The second-order valence-electron chi connectivity index (χ2n) is 6.15. The number of pyridine rings is 1. The van der Waals surface area contributed by atoms with Gasteiger partial charge in [-0.2, -0.15) is 0 Å². The van der Waals surface area contributed by atoms with Crippen LogP contribution in [0.25, 0.3) is 16.9 Å². The van der Waals surface area contributed by atoms with Crippen LogP contribution in [0.4, 0.5) is 0 Å². The van der Waals surface area contributed by atoms with Gasteiger partial charge in [0, 0.05) is 11.8 Å². The molecule has 0 radical (unpaired) electrons. The lowest BCUT2D eigenvalue weighted by Crippen LogP contribution is -3.00. The molecule has 0 unspecified atom stereocenters. The van der Waals surface area contributed by atoms with Gasteiger partial charge in [-0.25, -0.2) is 4.98 Å². The van der Waals surface area contributed by atoms with Gasteiger partial charge < -0.3 is 28.5 Å². The lowest BCUT2D eigenvalue weighted by molar-refractivity contribution is -0.884.